The van der Waals surface area contributed by atoms with Gasteiger partial charge < -0.3 is 15.2 Å². The molecule has 5 heteroatoms. The fourth-order valence-electron chi connectivity index (χ4n) is 2.47. The van der Waals surface area contributed by atoms with E-state index in [2.05, 4.69) is 24.4 Å². The number of carbonyl (C=O) groups excluding carboxylic acids is 1. The zero-order chi connectivity index (χ0) is 19.0. The lowest BCUT2D eigenvalue weighted by Crippen LogP contribution is -2.42. The summed E-state index contributed by atoms with van der Waals surface area (Å²) >= 11 is 0. The molecule has 25 heavy (non-hydrogen) atoms. The highest BCUT2D eigenvalue weighted by molar-refractivity contribution is 5.83. The Morgan fingerprint density at radius 1 is 1.20 bits per heavy atom. The Bertz CT molecular complexity index is 560. The summed E-state index contributed by atoms with van der Waals surface area (Å²) in [6.45, 7) is 10.1. The highest BCUT2D eigenvalue weighted by Crippen LogP contribution is 2.20. The minimum atomic E-state index is -1.04. The zero-order valence-electron chi connectivity index (χ0n) is 16.0. The van der Waals surface area contributed by atoms with Gasteiger partial charge in [0.1, 0.15) is 6.04 Å². The van der Waals surface area contributed by atoms with Crippen molar-refractivity contribution < 1.29 is 19.4 Å². The molecule has 5 nitrogen and oxygen atoms in total. The van der Waals surface area contributed by atoms with Crippen molar-refractivity contribution in [1.82, 2.24) is 5.32 Å². The van der Waals surface area contributed by atoms with E-state index in [1.165, 1.54) is 5.56 Å². The van der Waals surface area contributed by atoms with Crippen molar-refractivity contribution in [3.63, 3.8) is 0 Å². The number of hydrogen-bond acceptors (Lipinski definition) is 3. The summed E-state index contributed by atoms with van der Waals surface area (Å²) in [7, 11) is 0. The first kappa shape index (κ1) is 21.2. The third-order valence-corrected chi connectivity index (χ3v) is 4.02. The first-order valence-corrected chi connectivity index (χ1v) is 8.87. The largest absolute Gasteiger partial charge is 0.480 e. The lowest BCUT2D eigenvalue weighted by atomic mass is 9.96. The van der Waals surface area contributed by atoms with Gasteiger partial charge in [0.2, 0.25) is 5.91 Å². The number of nitrogens with one attached hydrogen (secondary N) is 1. The standard InChI is InChI=1S/C20H31NO4/c1-6-15-7-9-16(10-8-15)14(2)13-18(22)21-17(19(23)24)11-12-25-20(3,4)5/h7-10,14,17H,6,11-13H2,1-5H3,(H,21,22)(H,23,24). The summed E-state index contributed by atoms with van der Waals surface area (Å²) < 4.78 is 5.55. The van der Waals surface area contributed by atoms with E-state index in [4.69, 9.17) is 4.74 Å². The number of rotatable bonds is 9. The molecule has 0 aliphatic heterocycles. The van der Waals surface area contributed by atoms with Crippen molar-refractivity contribution >= 4 is 11.9 Å². The lowest BCUT2D eigenvalue weighted by molar-refractivity contribution is -0.142. The van der Waals surface area contributed by atoms with Gasteiger partial charge in [0.25, 0.3) is 0 Å². The average molecular weight is 349 g/mol. The van der Waals surface area contributed by atoms with Crippen LogP contribution in [0, 0.1) is 0 Å². The molecular weight excluding hydrogens is 318 g/mol. The van der Waals surface area contributed by atoms with E-state index in [1.54, 1.807) is 0 Å². The van der Waals surface area contributed by atoms with Gasteiger partial charge in [-0.05, 0) is 44.2 Å². The normalized spacial score (nSPS) is 14.0. The first-order valence-electron chi connectivity index (χ1n) is 8.87. The van der Waals surface area contributed by atoms with Crippen molar-refractivity contribution in [1.29, 1.82) is 0 Å². The molecule has 0 aliphatic carbocycles. The Labute approximate surface area is 150 Å². The number of carbonyl (C=O) groups is 2. The Balaban J connectivity index is 2.54. The molecule has 2 atom stereocenters. The molecule has 140 valence electrons. The lowest BCUT2D eigenvalue weighted by Gasteiger charge is -2.22. The van der Waals surface area contributed by atoms with Gasteiger partial charge >= 0.3 is 5.97 Å². The predicted octanol–water partition coefficient (Wildman–Crippen LogP) is 3.52. The molecule has 0 spiro atoms. The van der Waals surface area contributed by atoms with Crippen molar-refractivity contribution in [3.8, 4) is 0 Å². The molecule has 0 bridgehead atoms. The Morgan fingerprint density at radius 3 is 2.28 bits per heavy atom. The quantitative estimate of drug-likeness (QED) is 0.715. The van der Waals surface area contributed by atoms with Crippen molar-refractivity contribution in [2.45, 2.75) is 71.4 Å². The fourth-order valence-corrected chi connectivity index (χ4v) is 2.47. The molecule has 1 aromatic rings. The maximum atomic E-state index is 12.2. The molecule has 1 rings (SSSR count). The van der Waals surface area contributed by atoms with Crippen molar-refractivity contribution in [2.75, 3.05) is 6.61 Å². The van der Waals surface area contributed by atoms with Crippen LogP contribution < -0.4 is 5.32 Å². The highest BCUT2D eigenvalue weighted by atomic mass is 16.5. The molecule has 2 unspecified atom stereocenters. The Kier molecular flexibility index (Phi) is 8.10. The Hall–Kier alpha value is -1.88. The smallest absolute Gasteiger partial charge is 0.326 e. The van der Waals surface area contributed by atoms with Crippen LogP contribution in [0.15, 0.2) is 24.3 Å². The summed E-state index contributed by atoms with van der Waals surface area (Å²) in [5.74, 6) is -1.26. The van der Waals surface area contributed by atoms with Crippen LogP contribution in [0.5, 0.6) is 0 Å². The van der Waals surface area contributed by atoms with Gasteiger partial charge in [-0.25, -0.2) is 4.79 Å². The summed E-state index contributed by atoms with van der Waals surface area (Å²) in [5, 5.41) is 11.9. The number of carboxylic acid groups (broad SMARTS) is 1. The van der Waals surface area contributed by atoms with Crippen LogP contribution in [-0.2, 0) is 20.7 Å². The third kappa shape index (κ3) is 8.16. The summed E-state index contributed by atoms with van der Waals surface area (Å²) in [6, 6.07) is 7.26. The molecule has 1 amide bonds. The van der Waals surface area contributed by atoms with Gasteiger partial charge in [0.15, 0.2) is 0 Å². The fraction of sp³-hybridized carbons (Fsp3) is 0.600. The van der Waals surface area contributed by atoms with E-state index in [0.717, 1.165) is 12.0 Å². The van der Waals surface area contributed by atoms with Crippen molar-refractivity contribution in [2.24, 2.45) is 0 Å². The van der Waals surface area contributed by atoms with E-state index in [0.29, 0.717) is 0 Å². The minimum Gasteiger partial charge on any atom is -0.480 e. The molecule has 0 heterocycles. The molecule has 0 fully saturated rings. The molecule has 0 saturated heterocycles. The summed E-state index contributed by atoms with van der Waals surface area (Å²) in [6.07, 6.45) is 1.49. The first-order chi connectivity index (χ1) is 11.6. The van der Waals surface area contributed by atoms with Gasteiger partial charge in [-0.3, -0.25) is 4.79 Å². The summed E-state index contributed by atoms with van der Waals surface area (Å²) in [5.41, 5.74) is 2.01. The van der Waals surface area contributed by atoms with Crippen LogP contribution in [0.25, 0.3) is 0 Å². The van der Waals surface area contributed by atoms with E-state index in [-0.39, 0.29) is 36.9 Å². The number of aliphatic carboxylic acids is 1. The highest BCUT2D eigenvalue weighted by Gasteiger charge is 2.22. The molecule has 0 aliphatic rings. The molecule has 1 aromatic carbocycles. The number of carboxylic acids is 1. The second-order valence-corrected chi connectivity index (χ2v) is 7.41. The average Bonchev–Trinajstić information content (AvgIpc) is 2.52. The molecular formula is C20H31NO4. The Morgan fingerprint density at radius 2 is 1.80 bits per heavy atom. The molecule has 0 radical (unpaired) electrons. The van der Waals surface area contributed by atoms with E-state index in [9.17, 15) is 14.7 Å². The molecule has 0 aromatic heterocycles. The molecule has 2 N–H and O–H groups in total. The SMILES string of the molecule is CCc1ccc(C(C)CC(=O)NC(CCOC(C)(C)C)C(=O)O)cc1. The number of ether oxygens (including phenoxy) is 1. The second kappa shape index (κ2) is 9.56. The number of benzene rings is 1. The van der Waals surface area contributed by atoms with Crippen LogP contribution in [0.3, 0.4) is 0 Å². The topological polar surface area (TPSA) is 75.6 Å². The number of hydrogen-bond donors (Lipinski definition) is 2. The second-order valence-electron chi connectivity index (χ2n) is 7.41. The molecule has 0 saturated carbocycles. The minimum absolute atomic E-state index is 0.0335. The van der Waals surface area contributed by atoms with Gasteiger partial charge in [0.05, 0.1) is 5.60 Å². The van der Waals surface area contributed by atoms with Gasteiger partial charge in [0, 0.05) is 19.4 Å². The van der Waals surface area contributed by atoms with Gasteiger partial charge in [-0.15, -0.1) is 0 Å². The predicted molar refractivity (Wildman–Crippen MR) is 98.7 cm³/mol. The summed E-state index contributed by atoms with van der Waals surface area (Å²) in [4.78, 5) is 23.6. The van der Waals surface area contributed by atoms with Gasteiger partial charge in [-0.2, -0.15) is 0 Å². The number of amides is 1. The van der Waals surface area contributed by atoms with Crippen LogP contribution in [-0.4, -0.2) is 35.2 Å². The van der Waals surface area contributed by atoms with Crippen LogP contribution >= 0.6 is 0 Å². The van der Waals surface area contributed by atoms with Gasteiger partial charge in [-0.1, -0.05) is 38.1 Å². The zero-order valence-corrected chi connectivity index (χ0v) is 16.0. The maximum Gasteiger partial charge on any atom is 0.326 e. The van der Waals surface area contributed by atoms with Crippen LogP contribution in [0.1, 0.15) is 64.5 Å². The maximum absolute atomic E-state index is 12.2. The van der Waals surface area contributed by atoms with Crippen LogP contribution in [0.4, 0.5) is 0 Å². The number of aryl methyl sites for hydroxylation is 1. The van der Waals surface area contributed by atoms with E-state index in [1.807, 2.05) is 39.8 Å². The van der Waals surface area contributed by atoms with E-state index >= 15 is 0 Å². The van der Waals surface area contributed by atoms with Crippen LogP contribution in [0.2, 0.25) is 0 Å². The monoisotopic (exact) mass is 349 g/mol. The van der Waals surface area contributed by atoms with E-state index < -0.39 is 12.0 Å². The third-order valence-electron chi connectivity index (χ3n) is 4.02. The van der Waals surface area contributed by atoms with Crippen molar-refractivity contribution in [3.05, 3.63) is 35.4 Å².